The van der Waals surface area contributed by atoms with Crippen molar-refractivity contribution in [3.63, 3.8) is 0 Å². The van der Waals surface area contributed by atoms with E-state index in [4.69, 9.17) is 11.6 Å². The number of benzene rings is 1. The first-order chi connectivity index (χ1) is 13.0. The lowest BCUT2D eigenvalue weighted by atomic mass is 9.99. The number of carbonyl (C=O) groups excluding carboxylic acids is 3. The molecule has 1 unspecified atom stereocenters. The first-order valence-corrected chi connectivity index (χ1v) is 10.1. The molecule has 6 nitrogen and oxygen atoms in total. The molecule has 2 aliphatic heterocycles. The average molecular weight is 409 g/mol. The molecule has 0 aromatic heterocycles. The number of aliphatic hydroxyl groups excluding tert-OH is 1. The molecule has 0 aliphatic carbocycles. The van der Waals surface area contributed by atoms with Crippen LogP contribution in [0.2, 0.25) is 5.02 Å². The van der Waals surface area contributed by atoms with E-state index in [9.17, 15) is 19.5 Å². The average Bonchev–Trinajstić information content (AvgIpc) is 2.90. The predicted octanol–water partition coefficient (Wildman–Crippen LogP) is 3.14. The number of likely N-dealkylation sites (tertiary alicyclic amines) is 1. The van der Waals surface area contributed by atoms with Crippen LogP contribution >= 0.6 is 23.4 Å². The fourth-order valence-electron chi connectivity index (χ4n) is 3.39. The molecule has 2 heterocycles. The minimum absolute atomic E-state index is 0.0123. The maximum absolute atomic E-state index is 12.7. The number of aliphatic hydroxyl groups is 1. The topological polar surface area (TPSA) is 77.9 Å². The number of amides is 3. The van der Waals surface area contributed by atoms with Gasteiger partial charge >= 0.3 is 0 Å². The lowest BCUT2D eigenvalue weighted by Gasteiger charge is -2.36. The smallest absolute Gasteiger partial charge is 0.294 e. The summed E-state index contributed by atoms with van der Waals surface area (Å²) in [5.41, 5.74) is 0.721. The number of thioether (sulfide) groups is 1. The molecule has 2 saturated heterocycles. The molecule has 27 heavy (non-hydrogen) atoms. The zero-order chi connectivity index (χ0) is 19.4. The Labute approximate surface area is 167 Å². The molecule has 1 atom stereocenters. The largest absolute Gasteiger partial charge is 0.396 e. The Morgan fingerprint density at radius 3 is 2.89 bits per heavy atom. The first-order valence-electron chi connectivity index (χ1n) is 8.91. The third-order valence-electron chi connectivity index (χ3n) is 4.72. The van der Waals surface area contributed by atoms with Gasteiger partial charge in [-0.3, -0.25) is 19.3 Å². The van der Waals surface area contributed by atoms with Crippen LogP contribution < -0.4 is 0 Å². The van der Waals surface area contributed by atoms with E-state index >= 15 is 0 Å². The maximum atomic E-state index is 12.7. The summed E-state index contributed by atoms with van der Waals surface area (Å²) in [7, 11) is 0. The van der Waals surface area contributed by atoms with E-state index in [2.05, 4.69) is 0 Å². The van der Waals surface area contributed by atoms with E-state index in [0.717, 1.165) is 41.5 Å². The van der Waals surface area contributed by atoms with Crippen LogP contribution in [0.1, 0.15) is 31.2 Å². The second-order valence-corrected chi connectivity index (χ2v) is 8.00. The van der Waals surface area contributed by atoms with Crippen LogP contribution in [-0.2, 0) is 9.59 Å². The predicted molar refractivity (Wildman–Crippen MR) is 105 cm³/mol. The second-order valence-electron chi connectivity index (χ2n) is 6.57. The zero-order valence-electron chi connectivity index (χ0n) is 14.8. The highest BCUT2D eigenvalue weighted by Crippen LogP contribution is 2.32. The minimum atomic E-state index is -0.464. The molecule has 1 aromatic rings. The van der Waals surface area contributed by atoms with E-state index in [1.165, 1.54) is 0 Å². The van der Waals surface area contributed by atoms with E-state index < -0.39 is 11.1 Å². The summed E-state index contributed by atoms with van der Waals surface area (Å²) in [4.78, 5) is 40.5. The van der Waals surface area contributed by atoms with Crippen molar-refractivity contribution in [3.05, 3.63) is 39.8 Å². The third kappa shape index (κ3) is 4.72. The molecule has 144 valence electrons. The Kier molecular flexibility index (Phi) is 6.57. The highest BCUT2D eigenvalue weighted by molar-refractivity contribution is 8.18. The Bertz CT molecular complexity index is 781. The number of carbonyl (C=O) groups is 3. The number of piperidine rings is 1. The summed E-state index contributed by atoms with van der Waals surface area (Å²) >= 11 is 6.78. The van der Waals surface area contributed by atoms with Crippen molar-refractivity contribution in [2.45, 2.75) is 31.7 Å². The van der Waals surface area contributed by atoms with Gasteiger partial charge in [-0.2, -0.15) is 0 Å². The fourth-order valence-corrected chi connectivity index (χ4v) is 4.43. The Morgan fingerprint density at radius 1 is 1.33 bits per heavy atom. The quantitative estimate of drug-likeness (QED) is 0.757. The molecule has 0 bridgehead atoms. The number of halogens is 1. The fraction of sp³-hybridized carbons (Fsp3) is 0.421. The molecule has 1 N–H and O–H groups in total. The Morgan fingerprint density at radius 2 is 2.15 bits per heavy atom. The van der Waals surface area contributed by atoms with Gasteiger partial charge in [-0.15, -0.1) is 0 Å². The standard InChI is InChI=1S/C19H21ClN2O4S/c20-14-5-3-4-13(10-14)11-16-18(25)22(19(26)27-16)12-17(24)21-8-2-1-6-15(21)7-9-23/h3-5,10-11,15,23H,1-2,6-9,12H2/b16-11-. The van der Waals surface area contributed by atoms with E-state index in [1.807, 2.05) is 0 Å². The summed E-state index contributed by atoms with van der Waals surface area (Å²) in [5.74, 6) is -0.714. The lowest BCUT2D eigenvalue weighted by Crippen LogP contribution is -2.49. The van der Waals surface area contributed by atoms with Gasteiger partial charge in [0, 0.05) is 24.2 Å². The number of rotatable bonds is 5. The molecule has 2 aliphatic rings. The van der Waals surface area contributed by atoms with Crippen LogP contribution in [0.5, 0.6) is 0 Å². The van der Waals surface area contributed by atoms with E-state index in [1.54, 1.807) is 35.2 Å². The first kappa shape index (κ1) is 19.9. The number of imide groups is 1. The van der Waals surface area contributed by atoms with Gasteiger partial charge in [0.2, 0.25) is 5.91 Å². The van der Waals surface area contributed by atoms with Crippen LogP contribution in [0.15, 0.2) is 29.2 Å². The van der Waals surface area contributed by atoms with Crippen molar-refractivity contribution < 1.29 is 19.5 Å². The van der Waals surface area contributed by atoms with Crippen LogP contribution in [0.25, 0.3) is 6.08 Å². The summed E-state index contributed by atoms with van der Waals surface area (Å²) in [6.07, 6.45) is 4.87. The third-order valence-corrected chi connectivity index (χ3v) is 5.87. The monoisotopic (exact) mass is 408 g/mol. The van der Waals surface area contributed by atoms with Crippen LogP contribution in [0.3, 0.4) is 0 Å². The highest BCUT2D eigenvalue weighted by atomic mass is 35.5. The van der Waals surface area contributed by atoms with Crippen molar-refractivity contribution in [1.29, 1.82) is 0 Å². The zero-order valence-corrected chi connectivity index (χ0v) is 16.3. The van der Waals surface area contributed by atoms with Crippen molar-refractivity contribution in [3.8, 4) is 0 Å². The molecular formula is C19H21ClN2O4S. The molecule has 3 rings (SSSR count). The van der Waals surface area contributed by atoms with Gasteiger partial charge in [0.15, 0.2) is 0 Å². The summed E-state index contributed by atoms with van der Waals surface area (Å²) in [6, 6.07) is 6.95. The summed E-state index contributed by atoms with van der Waals surface area (Å²) in [5, 5.41) is 9.30. The lowest BCUT2D eigenvalue weighted by molar-refractivity contribution is -0.139. The number of hydrogen-bond acceptors (Lipinski definition) is 5. The second kappa shape index (κ2) is 8.91. The minimum Gasteiger partial charge on any atom is -0.396 e. The van der Waals surface area contributed by atoms with Crippen LogP contribution in [0.4, 0.5) is 4.79 Å². The summed E-state index contributed by atoms with van der Waals surface area (Å²) in [6.45, 7) is 0.343. The van der Waals surface area contributed by atoms with E-state index in [-0.39, 0.29) is 30.0 Å². The van der Waals surface area contributed by atoms with Gasteiger partial charge in [-0.1, -0.05) is 23.7 Å². The molecule has 2 fully saturated rings. The molecule has 8 heteroatoms. The molecule has 0 radical (unpaired) electrons. The number of nitrogens with zero attached hydrogens (tertiary/aromatic N) is 2. The SMILES string of the molecule is O=C1S/C(=C\c2cccc(Cl)c2)C(=O)N1CC(=O)N1CCCCC1CCO. The van der Waals surface area contributed by atoms with Crippen molar-refractivity contribution in [2.24, 2.45) is 0 Å². The van der Waals surface area contributed by atoms with E-state index in [0.29, 0.717) is 18.0 Å². The van der Waals surface area contributed by atoms with Crippen molar-refractivity contribution in [1.82, 2.24) is 9.80 Å². The Hall–Kier alpha value is -1.83. The normalized spacial score (nSPS) is 22.0. The molecule has 0 saturated carbocycles. The van der Waals surface area contributed by atoms with Gasteiger partial charge < -0.3 is 10.0 Å². The molecular weight excluding hydrogens is 388 g/mol. The van der Waals surface area contributed by atoms with Gasteiger partial charge in [0.1, 0.15) is 6.54 Å². The van der Waals surface area contributed by atoms with Crippen molar-refractivity contribution >= 4 is 46.5 Å². The van der Waals surface area contributed by atoms with Crippen LogP contribution in [0, 0.1) is 0 Å². The Balaban J connectivity index is 1.70. The van der Waals surface area contributed by atoms with Gasteiger partial charge in [-0.05, 0) is 61.2 Å². The van der Waals surface area contributed by atoms with Gasteiger partial charge in [-0.25, -0.2) is 0 Å². The molecule has 1 aromatic carbocycles. The molecule has 0 spiro atoms. The van der Waals surface area contributed by atoms with Crippen molar-refractivity contribution in [2.75, 3.05) is 19.7 Å². The highest BCUT2D eigenvalue weighted by Gasteiger charge is 2.38. The maximum Gasteiger partial charge on any atom is 0.294 e. The molecule has 3 amide bonds. The summed E-state index contributed by atoms with van der Waals surface area (Å²) < 4.78 is 0. The van der Waals surface area contributed by atoms with Gasteiger partial charge in [0.25, 0.3) is 11.1 Å². The number of hydrogen-bond donors (Lipinski definition) is 1. The van der Waals surface area contributed by atoms with Crippen LogP contribution in [-0.4, -0.2) is 57.7 Å². The van der Waals surface area contributed by atoms with Gasteiger partial charge in [0.05, 0.1) is 4.91 Å².